The molecule has 6 heteroatoms. The second kappa shape index (κ2) is 9.53. The molecule has 0 amide bonds. The summed E-state index contributed by atoms with van der Waals surface area (Å²) in [4.78, 5) is 18.0. The lowest BCUT2D eigenvalue weighted by molar-refractivity contribution is -0.105. The lowest BCUT2D eigenvalue weighted by atomic mass is 10.0. The first-order chi connectivity index (χ1) is 16.9. The molecule has 0 N–H and O–H groups in total. The molecule has 0 unspecified atom stereocenters. The molecule has 180 valence electrons. The number of rotatable bonds is 3. The summed E-state index contributed by atoms with van der Waals surface area (Å²) in [6, 6.07) is 16.0. The van der Waals surface area contributed by atoms with E-state index in [2.05, 4.69) is 28.0 Å². The largest absolute Gasteiger partial charge is 0.370 e. The van der Waals surface area contributed by atoms with Crippen molar-refractivity contribution in [3.63, 3.8) is 0 Å². The molecule has 0 atom stereocenters. The van der Waals surface area contributed by atoms with Crippen molar-refractivity contribution >= 4 is 29.0 Å². The zero-order valence-corrected chi connectivity index (χ0v) is 20.1. The van der Waals surface area contributed by atoms with Gasteiger partial charge in [0.15, 0.2) is 0 Å². The summed E-state index contributed by atoms with van der Waals surface area (Å²) in [5.74, 6) is -0.569. The van der Waals surface area contributed by atoms with Crippen LogP contribution in [-0.4, -0.2) is 19.9 Å². The van der Waals surface area contributed by atoms with Crippen molar-refractivity contribution in [2.75, 3.05) is 28.3 Å². The van der Waals surface area contributed by atoms with E-state index in [1.807, 2.05) is 31.1 Å². The average Bonchev–Trinajstić information content (AvgIpc) is 3.08. The summed E-state index contributed by atoms with van der Waals surface area (Å²) in [6.07, 6.45) is 5.60. The van der Waals surface area contributed by atoms with Crippen LogP contribution < -0.4 is 14.7 Å². The molecule has 0 spiro atoms. The Labute approximate surface area is 205 Å². The van der Waals surface area contributed by atoms with Crippen LogP contribution >= 0.6 is 0 Å². The van der Waals surface area contributed by atoms with Crippen LogP contribution in [0.5, 0.6) is 0 Å². The van der Waals surface area contributed by atoms with Gasteiger partial charge in [-0.2, -0.15) is 0 Å². The van der Waals surface area contributed by atoms with Crippen LogP contribution in [0.2, 0.25) is 0 Å². The third-order valence-electron chi connectivity index (χ3n) is 6.84. The van der Waals surface area contributed by atoms with Crippen molar-refractivity contribution in [2.24, 2.45) is 0 Å². The number of aldehydes is 1. The van der Waals surface area contributed by atoms with Crippen molar-refractivity contribution in [2.45, 2.75) is 39.3 Å². The predicted molar refractivity (Wildman–Crippen MR) is 137 cm³/mol. The topological polar surface area (TPSA) is 26.8 Å². The smallest absolute Gasteiger partial charge is 0.147 e. The molecule has 2 aliphatic rings. The van der Waals surface area contributed by atoms with Crippen molar-refractivity contribution in [3.05, 3.63) is 94.7 Å². The Hall–Kier alpha value is -3.67. The SMILES string of the molecule is Cc1ccc(N2C=C(C=O)CCCC2)c(N2Cc3cc(F)ccc3N(C)Cc3cc(F)ccc32)c1. The molecule has 35 heavy (non-hydrogen) atoms. The molecule has 0 saturated heterocycles. The second-order valence-corrected chi connectivity index (χ2v) is 9.45. The van der Waals surface area contributed by atoms with Gasteiger partial charge in [0.25, 0.3) is 0 Å². The Bertz CT molecular complexity index is 1300. The molecular formula is C29H29F2N3O. The first-order valence-electron chi connectivity index (χ1n) is 12.0. The fraction of sp³-hybridized carbons (Fsp3) is 0.276. The summed E-state index contributed by atoms with van der Waals surface area (Å²) < 4.78 is 28.7. The Morgan fingerprint density at radius 2 is 1.49 bits per heavy atom. The molecule has 3 aromatic carbocycles. The van der Waals surface area contributed by atoms with Gasteiger partial charge in [-0.15, -0.1) is 0 Å². The quantitative estimate of drug-likeness (QED) is 0.399. The number of nitrogens with zero attached hydrogens (tertiary/aromatic N) is 3. The fourth-order valence-corrected chi connectivity index (χ4v) is 5.12. The van der Waals surface area contributed by atoms with Crippen LogP contribution in [0.3, 0.4) is 0 Å². The lowest BCUT2D eigenvalue weighted by Gasteiger charge is -2.36. The summed E-state index contributed by atoms with van der Waals surface area (Å²) in [5.41, 5.74) is 7.29. The number of carbonyl (C=O) groups is 1. The standard InChI is InChI=1S/C29H29F2N3O/c1-20-6-9-28(33-12-4-3-5-21(16-33)19-35)29(13-20)34-18-23-15-24(30)7-10-26(23)32(2)17-22-14-25(31)8-11-27(22)34/h6-11,13-16,19H,3-5,12,17-18H2,1-2H3. The van der Waals surface area contributed by atoms with E-state index in [0.717, 1.165) is 77.1 Å². The molecule has 0 saturated carbocycles. The number of hydrogen-bond acceptors (Lipinski definition) is 4. The second-order valence-electron chi connectivity index (χ2n) is 9.45. The average molecular weight is 474 g/mol. The Kier molecular flexibility index (Phi) is 6.29. The Balaban J connectivity index is 1.71. The van der Waals surface area contributed by atoms with Crippen LogP contribution in [0.4, 0.5) is 31.5 Å². The summed E-state index contributed by atoms with van der Waals surface area (Å²) >= 11 is 0. The first-order valence-corrected chi connectivity index (χ1v) is 12.0. The summed E-state index contributed by atoms with van der Waals surface area (Å²) in [7, 11) is 1.95. The van der Waals surface area contributed by atoms with E-state index in [-0.39, 0.29) is 11.6 Å². The third kappa shape index (κ3) is 4.65. The number of fused-ring (bicyclic) bond motifs is 2. The monoisotopic (exact) mass is 473 g/mol. The van der Waals surface area contributed by atoms with Gasteiger partial charge in [-0.25, -0.2) is 8.78 Å². The number of carbonyl (C=O) groups excluding carboxylic acids is 1. The molecular weight excluding hydrogens is 444 g/mol. The van der Waals surface area contributed by atoms with Crippen LogP contribution in [-0.2, 0) is 17.9 Å². The van der Waals surface area contributed by atoms with Gasteiger partial charge < -0.3 is 14.7 Å². The van der Waals surface area contributed by atoms with Gasteiger partial charge in [-0.1, -0.05) is 6.07 Å². The maximum absolute atomic E-state index is 14.4. The molecule has 4 nitrogen and oxygen atoms in total. The van der Waals surface area contributed by atoms with Crippen molar-refractivity contribution in [3.8, 4) is 0 Å². The molecule has 0 radical (unpaired) electrons. The zero-order valence-electron chi connectivity index (χ0n) is 20.1. The van der Waals surface area contributed by atoms with Gasteiger partial charge >= 0.3 is 0 Å². The van der Waals surface area contributed by atoms with E-state index in [1.54, 1.807) is 18.2 Å². The highest BCUT2D eigenvalue weighted by molar-refractivity contribution is 5.82. The minimum atomic E-state index is -0.285. The van der Waals surface area contributed by atoms with E-state index < -0.39 is 0 Å². The van der Waals surface area contributed by atoms with E-state index in [1.165, 1.54) is 12.1 Å². The van der Waals surface area contributed by atoms with Gasteiger partial charge in [0, 0.05) is 43.3 Å². The minimum absolute atomic E-state index is 0.285. The molecule has 0 fully saturated rings. The minimum Gasteiger partial charge on any atom is -0.370 e. The van der Waals surface area contributed by atoms with Crippen LogP contribution in [0.1, 0.15) is 36.0 Å². The highest BCUT2D eigenvalue weighted by Gasteiger charge is 2.25. The first kappa shape index (κ1) is 23.1. The maximum Gasteiger partial charge on any atom is 0.147 e. The Morgan fingerprint density at radius 1 is 0.800 bits per heavy atom. The van der Waals surface area contributed by atoms with Crippen molar-refractivity contribution < 1.29 is 13.6 Å². The van der Waals surface area contributed by atoms with Gasteiger partial charge in [-0.3, -0.25) is 4.79 Å². The molecule has 3 aromatic rings. The molecule has 5 rings (SSSR count). The van der Waals surface area contributed by atoms with Crippen molar-refractivity contribution in [1.82, 2.24) is 0 Å². The number of anilines is 4. The van der Waals surface area contributed by atoms with Crippen molar-refractivity contribution in [1.29, 1.82) is 0 Å². The van der Waals surface area contributed by atoms with E-state index in [4.69, 9.17) is 0 Å². The molecule has 0 aromatic heterocycles. The highest BCUT2D eigenvalue weighted by atomic mass is 19.1. The molecule has 0 bridgehead atoms. The maximum atomic E-state index is 14.4. The van der Waals surface area contributed by atoms with Crippen LogP contribution in [0, 0.1) is 18.6 Å². The zero-order chi connectivity index (χ0) is 24.5. The van der Waals surface area contributed by atoms with Gasteiger partial charge in [0.05, 0.1) is 17.9 Å². The highest BCUT2D eigenvalue weighted by Crippen LogP contribution is 2.42. The number of aryl methyl sites for hydroxylation is 1. The predicted octanol–water partition coefficient (Wildman–Crippen LogP) is 6.63. The molecule has 0 aliphatic carbocycles. The molecule has 2 aliphatic heterocycles. The van der Waals surface area contributed by atoms with E-state index >= 15 is 0 Å². The van der Waals surface area contributed by atoms with Crippen LogP contribution in [0.25, 0.3) is 0 Å². The number of halogens is 2. The number of benzene rings is 3. The fourth-order valence-electron chi connectivity index (χ4n) is 5.12. The lowest BCUT2D eigenvalue weighted by Crippen LogP contribution is -2.29. The van der Waals surface area contributed by atoms with E-state index in [0.29, 0.717) is 13.1 Å². The number of hydrogen-bond donors (Lipinski definition) is 0. The van der Waals surface area contributed by atoms with Crippen LogP contribution in [0.15, 0.2) is 66.4 Å². The third-order valence-corrected chi connectivity index (χ3v) is 6.84. The van der Waals surface area contributed by atoms with E-state index in [9.17, 15) is 13.6 Å². The summed E-state index contributed by atoms with van der Waals surface area (Å²) in [6.45, 7) is 3.75. The Morgan fingerprint density at radius 3 is 2.23 bits per heavy atom. The van der Waals surface area contributed by atoms with Gasteiger partial charge in [0.2, 0.25) is 0 Å². The normalized spacial score (nSPS) is 16.0. The number of allylic oxidation sites excluding steroid dienone is 1. The van der Waals surface area contributed by atoms with Gasteiger partial charge in [-0.05, 0) is 91.4 Å². The molecule has 2 heterocycles. The summed E-state index contributed by atoms with van der Waals surface area (Å²) in [5, 5.41) is 0. The van der Waals surface area contributed by atoms with Gasteiger partial charge in [0.1, 0.15) is 17.9 Å².